The lowest BCUT2D eigenvalue weighted by Crippen LogP contribution is -2.27. The lowest BCUT2D eigenvalue weighted by Gasteiger charge is -2.15. The minimum Gasteiger partial charge on any atom is -0.468 e. The van der Waals surface area contributed by atoms with Crippen molar-refractivity contribution in [3.05, 3.63) is 59.4 Å². The third-order valence-electron chi connectivity index (χ3n) is 3.84. The number of hydrogen-bond donors (Lipinski definition) is 2. The van der Waals surface area contributed by atoms with E-state index >= 15 is 0 Å². The molecule has 2 amide bonds. The van der Waals surface area contributed by atoms with Gasteiger partial charge in [0.15, 0.2) is 6.61 Å². The summed E-state index contributed by atoms with van der Waals surface area (Å²) in [5.41, 5.74) is 1.68. The van der Waals surface area contributed by atoms with Gasteiger partial charge in [-0.1, -0.05) is 12.6 Å². The Balaban J connectivity index is 2.05. The molecule has 0 aliphatic rings. The highest BCUT2D eigenvalue weighted by Crippen LogP contribution is 2.19. The Morgan fingerprint density at radius 3 is 2.53 bits per heavy atom. The highest BCUT2D eigenvalue weighted by atomic mass is 19.4. The summed E-state index contributed by atoms with van der Waals surface area (Å²) in [7, 11) is 0. The van der Waals surface area contributed by atoms with Crippen LogP contribution in [-0.2, 0) is 4.79 Å². The lowest BCUT2D eigenvalue weighted by atomic mass is 10.1. The number of carbonyl (C=O) groups is 2. The van der Waals surface area contributed by atoms with E-state index in [4.69, 9.17) is 0 Å². The first-order chi connectivity index (χ1) is 13.9. The second kappa shape index (κ2) is 9.38. The molecule has 0 aliphatic heterocycles. The molecule has 7 nitrogen and oxygen atoms in total. The predicted octanol–water partition coefficient (Wildman–Crippen LogP) is 3.73. The van der Waals surface area contributed by atoms with Gasteiger partial charge in [0, 0.05) is 29.1 Å². The molecule has 0 saturated carbocycles. The van der Waals surface area contributed by atoms with E-state index in [1.165, 1.54) is 24.4 Å². The van der Waals surface area contributed by atoms with Crippen LogP contribution in [0.5, 0.6) is 5.88 Å². The van der Waals surface area contributed by atoms with E-state index in [1.54, 1.807) is 26.8 Å². The number of hydrogen-bond acceptors (Lipinski definition) is 5. The minimum absolute atomic E-state index is 0.169. The van der Waals surface area contributed by atoms with Crippen LogP contribution < -0.4 is 15.4 Å². The largest absolute Gasteiger partial charge is 0.468 e. The monoisotopic (exact) mass is 422 g/mol. The van der Waals surface area contributed by atoms with E-state index in [1.807, 2.05) is 0 Å². The maximum atomic E-state index is 12.6. The number of amides is 2. The van der Waals surface area contributed by atoms with Crippen molar-refractivity contribution in [2.24, 2.45) is 0 Å². The second-order valence-electron chi connectivity index (χ2n) is 6.65. The van der Waals surface area contributed by atoms with Crippen molar-refractivity contribution >= 4 is 17.6 Å². The SMILES string of the molecule is C=C(C)C(=O)Nc1cc(C(=O)NC(C)c2ccc(OCC(F)(F)F)nc2)cc(C)n1. The average Bonchev–Trinajstić information content (AvgIpc) is 2.65. The minimum atomic E-state index is -4.45. The number of aromatic nitrogens is 2. The third-order valence-corrected chi connectivity index (χ3v) is 3.84. The van der Waals surface area contributed by atoms with Crippen molar-refractivity contribution in [3.8, 4) is 5.88 Å². The standard InChI is InChI=1S/C20H21F3N4O3/c1-11(2)18(28)27-16-8-15(7-12(3)25-16)19(29)26-13(4)14-5-6-17(24-9-14)30-10-20(21,22)23/h5-9,13H,1,10H2,2-4H3,(H,26,29)(H,25,27,28). The van der Waals surface area contributed by atoms with Crippen LogP contribution in [0.15, 0.2) is 42.6 Å². The highest BCUT2D eigenvalue weighted by Gasteiger charge is 2.28. The van der Waals surface area contributed by atoms with Gasteiger partial charge in [-0.05, 0) is 38.5 Å². The summed E-state index contributed by atoms with van der Waals surface area (Å²) in [6.45, 7) is 7.04. The molecule has 2 heterocycles. The first kappa shape index (κ1) is 22.9. The predicted molar refractivity (Wildman–Crippen MR) is 104 cm³/mol. The van der Waals surface area contributed by atoms with Gasteiger partial charge < -0.3 is 15.4 Å². The fraction of sp³-hybridized carbons (Fsp3) is 0.300. The lowest BCUT2D eigenvalue weighted by molar-refractivity contribution is -0.154. The van der Waals surface area contributed by atoms with Crippen molar-refractivity contribution in [2.75, 3.05) is 11.9 Å². The highest BCUT2D eigenvalue weighted by molar-refractivity contribution is 6.03. The quantitative estimate of drug-likeness (QED) is 0.664. The van der Waals surface area contributed by atoms with E-state index in [0.29, 0.717) is 16.8 Å². The maximum absolute atomic E-state index is 12.6. The Hall–Kier alpha value is -3.43. The van der Waals surface area contributed by atoms with Gasteiger partial charge in [-0.3, -0.25) is 9.59 Å². The molecule has 2 rings (SSSR count). The molecule has 1 atom stereocenters. The molecule has 160 valence electrons. The fourth-order valence-electron chi connectivity index (χ4n) is 2.34. The van der Waals surface area contributed by atoms with Crippen LogP contribution in [-0.4, -0.2) is 34.6 Å². The number of carbonyl (C=O) groups excluding carboxylic acids is 2. The van der Waals surface area contributed by atoms with Gasteiger partial charge in [-0.2, -0.15) is 13.2 Å². The smallest absolute Gasteiger partial charge is 0.422 e. The van der Waals surface area contributed by atoms with E-state index in [-0.39, 0.29) is 17.3 Å². The fourth-order valence-corrected chi connectivity index (χ4v) is 2.34. The zero-order valence-corrected chi connectivity index (χ0v) is 16.6. The molecule has 2 N–H and O–H groups in total. The zero-order chi connectivity index (χ0) is 22.5. The van der Waals surface area contributed by atoms with Gasteiger partial charge in [0.2, 0.25) is 5.88 Å². The van der Waals surface area contributed by atoms with Crippen molar-refractivity contribution in [3.63, 3.8) is 0 Å². The van der Waals surface area contributed by atoms with Crippen molar-refractivity contribution < 1.29 is 27.5 Å². The third kappa shape index (κ3) is 6.87. The van der Waals surface area contributed by atoms with Crippen LogP contribution in [0, 0.1) is 6.92 Å². The topological polar surface area (TPSA) is 93.2 Å². The van der Waals surface area contributed by atoms with Gasteiger partial charge >= 0.3 is 6.18 Å². The van der Waals surface area contributed by atoms with Crippen molar-refractivity contribution in [1.82, 2.24) is 15.3 Å². The second-order valence-corrected chi connectivity index (χ2v) is 6.65. The average molecular weight is 422 g/mol. The zero-order valence-electron chi connectivity index (χ0n) is 16.6. The first-order valence-electron chi connectivity index (χ1n) is 8.86. The Bertz CT molecular complexity index is 943. The maximum Gasteiger partial charge on any atom is 0.422 e. The van der Waals surface area contributed by atoms with E-state index < -0.39 is 30.6 Å². The number of halogens is 3. The molecule has 1 unspecified atom stereocenters. The molecule has 10 heteroatoms. The van der Waals surface area contributed by atoms with Crippen LogP contribution in [0.2, 0.25) is 0 Å². The van der Waals surface area contributed by atoms with E-state index in [2.05, 4.69) is 31.9 Å². The van der Waals surface area contributed by atoms with Crippen LogP contribution in [0.25, 0.3) is 0 Å². The summed E-state index contributed by atoms with van der Waals surface area (Å²) >= 11 is 0. The molecular weight excluding hydrogens is 401 g/mol. The summed E-state index contributed by atoms with van der Waals surface area (Å²) in [5, 5.41) is 5.32. The van der Waals surface area contributed by atoms with Gasteiger partial charge in [0.1, 0.15) is 5.82 Å². The number of ether oxygens (including phenoxy) is 1. The molecule has 0 aliphatic carbocycles. The van der Waals surface area contributed by atoms with E-state index in [0.717, 1.165) is 0 Å². The van der Waals surface area contributed by atoms with Crippen LogP contribution in [0.1, 0.15) is 41.5 Å². The molecule has 0 bridgehead atoms. The molecule has 0 saturated heterocycles. The molecule has 2 aromatic rings. The molecule has 0 spiro atoms. The molecule has 30 heavy (non-hydrogen) atoms. The normalized spacial score (nSPS) is 12.1. The summed E-state index contributed by atoms with van der Waals surface area (Å²) in [5.74, 6) is -0.783. The Morgan fingerprint density at radius 1 is 1.27 bits per heavy atom. The summed E-state index contributed by atoms with van der Waals surface area (Å²) < 4.78 is 41.1. The van der Waals surface area contributed by atoms with E-state index in [9.17, 15) is 22.8 Å². The van der Waals surface area contributed by atoms with Crippen LogP contribution >= 0.6 is 0 Å². The summed E-state index contributed by atoms with van der Waals surface area (Å²) in [6.07, 6.45) is -3.13. The van der Waals surface area contributed by atoms with Crippen LogP contribution in [0.3, 0.4) is 0 Å². The Kier molecular flexibility index (Phi) is 7.14. The van der Waals surface area contributed by atoms with Gasteiger partial charge in [0.25, 0.3) is 11.8 Å². The summed E-state index contributed by atoms with van der Waals surface area (Å²) in [6, 6.07) is 5.32. The Labute approximate surface area is 171 Å². The van der Waals surface area contributed by atoms with Crippen molar-refractivity contribution in [2.45, 2.75) is 33.0 Å². The number of rotatable bonds is 7. The van der Waals surface area contributed by atoms with Crippen molar-refractivity contribution in [1.29, 1.82) is 0 Å². The molecular formula is C20H21F3N4O3. The number of nitrogens with zero attached hydrogens (tertiary/aromatic N) is 2. The van der Waals surface area contributed by atoms with Gasteiger partial charge in [0.05, 0.1) is 6.04 Å². The molecule has 0 fully saturated rings. The molecule has 0 radical (unpaired) electrons. The van der Waals surface area contributed by atoms with Gasteiger partial charge in [-0.25, -0.2) is 9.97 Å². The number of anilines is 1. The molecule has 2 aromatic heterocycles. The first-order valence-corrected chi connectivity index (χ1v) is 8.86. The van der Waals surface area contributed by atoms with Gasteiger partial charge in [-0.15, -0.1) is 0 Å². The summed E-state index contributed by atoms with van der Waals surface area (Å²) in [4.78, 5) is 32.3. The number of alkyl halides is 3. The van der Waals surface area contributed by atoms with Crippen LogP contribution in [0.4, 0.5) is 19.0 Å². The molecule has 0 aromatic carbocycles. The Morgan fingerprint density at radius 2 is 1.97 bits per heavy atom. The number of aryl methyl sites for hydroxylation is 1. The number of nitrogens with one attached hydrogen (secondary N) is 2. The number of pyridine rings is 2.